The second kappa shape index (κ2) is 8.15. The molecular formula is C21H23NO4. The summed E-state index contributed by atoms with van der Waals surface area (Å²) >= 11 is 0. The molecular weight excluding hydrogens is 330 g/mol. The summed E-state index contributed by atoms with van der Waals surface area (Å²) in [5.41, 5.74) is 2.72. The molecule has 1 aliphatic heterocycles. The zero-order valence-electron chi connectivity index (χ0n) is 15.1. The molecule has 3 rings (SSSR count). The van der Waals surface area contributed by atoms with Crippen LogP contribution in [0.25, 0.3) is 0 Å². The lowest BCUT2D eigenvalue weighted by Crippen LogP contribution is -2.48. The van der Waals surface area contributed by atoms with Gasteiger partial charge in [0, 0.05) is 12.1 Å². The SMILES string of the molecule is CCOC(=O)C1Cc2ccccc2N1C(=O)[C@@H](C)OCc1ccccc1. The molecule has 2 atom stereocenters. The molecule has 5 nitrogen and oxygen atoms in total. The van der Waals surface area contributed by atoms with Crippen molar-refractivity contribution in [3.8, 4) is 0 Å². The van der Waals surface area contributed by atoms with Crippen LogP contribution in [0.2, 0.25) is 0 Å². The molecule has 0 spiro atoms. The number of esters is 1. The minimum absolute atomic E-state index is 0.232. The number of nitrogens with zero attached hydrogens (tertiary/aromatic N) is 1. The predicted molar refractivity (Wildman–Crippen MR) is 98.7 cm³/mol. The zero-order chi connectivity index (χ0) is 18.5. The second-order valence-electron chi connectivity index (χ2n) is 6.25. The van der Waals surface area contributed by atoms with Crippen LogP contribution >= 0.6 is 0 Å². The van der Waals surface area contributed by atoms with Crippen molar-refractivity contribution in [1.82, 2.24) is 0 Å². The van der Waals surface area contributed by atoms with Crippen molar-refractivity contribution in [2.24, 2.45) is 0 Å². The first-order chi connectivity index (χ1) is 12.6. The van der Waals surface area contributed by atoms with Gasteiger partial charge >= 0.3 is 5.97 Å². The molecule has 0 saturated heterocycles. The first-order valence-electron chi connectivity index (χ1n) is 8.85. The van der Waals surface area contributed by atoms with E-state index in [1.165, 1.54) is 4.90 Å². The van der Waals surface area contributed by atoms with Crippen LogP contribution in [0.4, 0.5) is 5.69 Å². The fraction of sp³-hybridized carbons (Fsp3) is 0.333. The Morgan fingerprint density at radius 2 is 1.81 bits per heavy atom. The number of hydrogen-bond acceptors (Lipinski definition) is 4. The summed E-state index contributed by atoms with van der Waals surface area (Å²) in [4.78, 5) is 26.9. The van der Waals surface area contributed by atoms with Gasteiger partial charge in [0.05, 0.1) is 13.2 Å². The average Bonchev–Trinajstić information content (AvgIpc) is 3.06. The molecule has 0 saturated carbocycles. The fourth-order valence-corrected chi connectivity index (χ4v) is 3.15. The van der Waals surface area contributed by atoms with Crippen LogP contribution in [-0.2, 0) is 32.1 Å². The molecule has 5 heteroatoms. The third kappa shape index (κ3) is 3.78. The topological polar surface area (TPSA) is 55.8 Å². The standard InChI is InChI=1S/C21H23NO4/c1-3-25-21(24)19-13-17-11-7-8-12-18(17)22(19)20(23)15(2)26-14-16-9-5-4-6-10-16/h4-12,15,19H,3,13-14H2,1-2H3/t15-,19?/m1/s1. The summed E-state index contributed by atoms with van der Waals surface area (Å²) in [6, 6.07) is 16.6. The number of benzene rings is 2. The van der Waals surface area contributed by atoms with Gasteiger partial charge in [0.25, 0.3) is 5.91 Å². The summed E-state index contributed by atoms with van der Waals surface area (Å²) in [5, 5.41) is 0. The minimum Gasteiger partial charge on any atom is -0.464 e. The molecule has 2 aromatic rings. The molecule has 136 valence electrons. The van der Waals surface area contributed by atoms with Crippen molar-refractivity contribution >= 4 is 17.6 Å². The Labute approximate surface area is 153 Å². The molecule has 0 bridgehead atoms. The number of para-hydroxylation sites is 1. The van der Waals surface area contributed by atoms with E-state index in [9.17, 15) is 9.59 Å². The quantitative estimate of drug-likeness (QED) is 0.749. The highest BCUT2D eigenvalue weighted by Crippen LogP contribution is 2.33. The predicted octanol–water partition coefficient (Wildman–Crippen LogP) is 3.11. The largest absolute Gasteiger partial charge is 0.464 e. The Morgan fingerprint density at radius 3 is 2.54 bits per heavy atom. The normalized spacial score (nSPS) is 16.8. The number of carbonyl (C=O) groups excluding carboxylic acids is 2. The third-order valence-corrected chi connectivity index (χ3v) is 4.46. The van der Waals surface area contributed by atoms with Crippen LogP contribution in [0.1, 0.15) is 25.0 Å². The van der Waals surface area contributed by atoms with Gasteiger partial charge in [-0.3, -0.25) is 9.69 Å². The lowest BCUT2D eigenvalue weighted by atomic mass is 10.1. The van der Waals surface area contributed by atoms with E-state index < -0.39 is 12.1 Å². The minimum atomic E-state index is -0.668. The van der Waals surface area contributed by atoms with Gasteiger partial charge in [0.15, 0.2) is 0 Å². The molecule has 0 N–H and O–H groups in total. The van der Waals surface area contributed by atoms with Crippen molar-refractivity contribution in [1.29, 1.82) is 0 Å². The maximum absolute atomic E-state index is 13.0. The molecule has 2 aromatic carbocycles. The number of carbonyl (C=O) groups is 2. The number of fused-ring (bicyclic) bond motifs is 1. The molecule has 1 aliphatic rings. The third-order valence-electron chi connectivity index (χ3n) is 4.46. The van der Waals surface area contributed by atoms with Gasteiger partial charge in [-0.15, -0.1) is 0 Å². The first-order valence-corrected chi connectivity index (χ1v) is 8.85. The van der Waals surface area contributed by atoms with Gasteiger partial charge in [0.1, 0.15) is 12.1 Å². The van der Waals surface area contributed by atoms with Gasteiger partial charge in [0.2, 0.25) is 0 Å². The highest BCUT2D eigenvalue weighted by Gasteiger charge is 2.40. The van der Waals surface area contributed by atoms with Crippen molar-refractivity contribution in [2.75, 3.05) is 11.5 Å². The van der Waals surface area contributed by atoms with Crippen molar-refractivity contribution in [2.45, 2.75) is 39.0 Å². The van der Waals surface area contributed by atoms with E-state index in [0.717, 1.165) is 16.8 Å². The highest BCUT2D eigenvalue weighted by atomic mass is 16.5. The van der Waals surface area contributed by atoms with E-state index in [0.29, 0.717) is 13.0 Å². The fourth-order valence-electron chi connectivity index (χ4n) is 3.15. The molecule has 1 heterocycles. The summed E-state index contributed by atoms with van der Waals surface area (Å²) in [6.07, 6.45) is -0.204. The summed E-state index contributed by atoms with van der Waals surface area (Å²) in [6.45, 7) is 4.10. The van der Waals surface area contributed by atoms with E-state index in [-0.39, 0.29) is 18.5 Å². The van der Waals surface area contributed by atoms with Crippen LogP contribution in [0, 0.1) is 0 Å². The van der Waals surface area contributed by atoms with E-state index in [1.54, 1.807) is 13.8 Å². The molecule has 0 aliphatic carbocycles. The monoisotopic (exact) mass is 353 g/mol. The summed E-state index contributed by atoms with van der Waals surface area (Å²) < 4.78 is 10.9. The number of anilines is 1. The molecule has 1 unspecified atom stereocenters. The first kappa shape index (κ1) is 18.1. The number of rotatable bonds is 6. The van der Waals surface area contributed by atoms with Gasteiger partial charge in [-0.25, -0.2) is 4.79 Å². The van der Waals surface area contributed by atoms with Gasteiger partial charge in [-0.2, -0.15) is 0 Å². The maximum Gasteiger partial charge on any atom is 0.329 e. The van der Waals surface area contributed by atoms with Gasteiger partial charge < -0.3 is 9.47 Å². The molecule has 0 aromatic heterocycles. The Morgan fingerprint density at radius 1 is 1.12 bits per heavy atom. The van der Waals surface area contributed by atoms with E-state index in [1.807, 2.05) is 54.6 Å². The van der Waals surface area contributed by atoms with Crippen molar-refractivity contribution in [3.05, 3.63) is 65.7 Å². The Kier molecular flexibility index (Phi) is 5.68. The Balaban J connectivity index is 1.76. The zero-order valence-corrected chi connectivity index (χ0v) is 15.1. The van der Waals surface area contributed by atoms with E-state index >= 15 is 0 Å². The van der Waals surface area contributed by atoms with Crippen molar-refractivity contribution < 1.29 is 19.1 Å². The highest BCUT2D eigenvalue weighted by molar-refractivity contribution is 6.04. The van der Waals surface area contributed by atoms with Gasteiger partial charge in [-0.05, 0) is 31.0 Å². The molecule has 26 heavy (non-hydrogen) atoms. The smallest absolute Gasteiger partial charge is 0.329 e. The van der Waals surface area contributed by atoms with Crippen LogP contribution < -0.4 is 4.90 Å². The lowest BCUT2D eigenvalue weighted by Gasteiger charge is -2.27. The summed E-state index contributed by atoms with van der Waals surface area (Å²) in [5.74, 6) is -0.615. The van der Waals surface area contributed by atoms with E-state index in [4.69, 9.17) is 9.47 Å². The van der Waals surface area contributed by atoms with Gasteiger partial charge in [-0.1, -0.05) is 48.5 Å². The van der Waals surface area contributed by atoms with E-state index in [2.05, 4.69) is 0 Å². The van der Waals surface area contributed by atoms with Crippen LogP contribution in [0.5, 0.6) is 0 Å². The molecule has 0 fully saturated rings. The Hall–Kier alpha value is -2.66. The van der Waals surface area contributed by atoms with Crippen LogP contribution in [0.3, 0.4) is 0 Å². The molecule has 0 radical (unpaired) electrons. The number of hydrogen-bond donors (Lipinski definition) is 0. The maximum atomic E-state index is 13.0. The molecule has 1 amide bonds. The second-order valence-corrected chi connectivity index (χ2v) is 6.25. The Bertz CT molecular complexity index is 775. The number of ether oxygens (including phenoxy) is 2. The van der Waals surface area contributed by atoms with Crippen LogP contribution in [0.15, 0.2) is 54.6 Å². The van der Waals surface area contributed by atoms with Crippen molar-refractivity contribution in [3.63, 3.8) is 0 Å². The number of amides is 1. The summed E-state index contributed by atoms with van der Waals surface area (Å²) in [7, 11) is 0. The lowest BCUT2D eigenvalue weighted by molar-refractivity contribution is -0.146. The van der Waals surface area contributed by atoms with Crippen LogP contribution in [-0.4, -0.2) is 30.6 Å². The average molecular weight is 353 g/mol.